The van der Waals surface area contributed by atoms with Gasteiger partial charge in [0.25, 0.3) is 0 Å². The molecule has 0 bridgehead atoms. The molecule has 0 amide bonds. The second-order valence-electron chi connectivity index (χ2n) is 6.14. The normalized spacial score (nSPS) is 10.4. The molecule has 0 aromatic heterocycles. The molecule has 0 unspecified atom stereocenters. The van der Waals surface area contributed by atoms with E-state index in [0.717, 1.165) is 35.1 Å². The molecule has 138 valence electrons. The van der Waals surface area contributed by atoms with Gasteiger partial charge in [0, 0.05) is 12.8 Å². The monoisotopic (exact) mass is 354 g/mol. The highest BCUT2D eigenvalue weighted by molar-refractivity contribution is 5.73. The van der Waals surface area contributed by atoms with Crippen LogP contribution in [-0.2, 0) is 32.3 Å². The first-order chi connectivity index (χ1) is 12.7. The zero-order valence-electron chi connectivity index (χ0n) is 15.5. The van der Waals surface area contributed by atoms with E-state index in [-0.39, 0.29) is 25.2 Å². The molecule has 0 N–H and O–H groups in total. The van der Waals surface area contributed by atoms with Gasteiger partial charge in [0.15, 0.2) is 0 Å². The Balaban J connectivity index is 2.20. The van der Waals surface area contributed by atoms with Crippen molar-refractivity contribution >= 4 is 11.9 Å². The summed E-state index contributed by atoms with van der Waals surface area (Å²) >= 11 is 0. The molecule has 0 fully saturated rings. The molecule has 0 spiro atoms. The number of carbonyl (C=O) groups is 2. The predicted molar refractivity (Wildman–Crippen MR) is 101 cm³/mol. The van der Waals surface area contributed by atoms with Gasteiger partial charge in [-0.2, -0.15) is 0 Å². The Bertz CT molecular complexity index is 673. The molecule has 2 rings (SSSR count). The second-order valence-corrected chi connectivity index (χ2v) is 6.14. The van der Waals surface area contributed by atoms with Crippen molar-refractivity contribution < 1.29 is 19.1 Å². The minimum atomic E-state index is -0.191. The first-order valence-electron chi connectivity index (χ1n) is 9.13. The van der Waals surface area contributed by atoms with Crippen molar-refractivity contribution in [2.75, 3.05) is 0 Å². The summed E-state index contributed by atoms with van der Waals surface area (Å²) in [5, 5.41) is 0. The molecule has 0 heterocycles. The summed E-state index contributed by atoms with van der Waals surface area (Å²) in [5.74, 6) is -0.381. The van der Waals surface area contributed by atoms with Crippen molar-refractivity contribution in [2.45, 2.75) is 52.7 Å². The lowest BCUT2D eigenvalue weighted by molar-refractivity contribution is -0.145. The molecule has 4 nitrogen and oxygen atoms in total. The maximum atomic E-state index is 11.7. The highest BCUT2D eigenvalue weighted by Gasteiger charge is 2.12. The maximum absolute atomic E-state index is 11.7. The van der Waals surface area contributed by atoms with Gasteiger partial charge >= 0.3 is 11.9 Å². The van der Waals surface area contributed by atoms with Gasteiger partial charge < -0.3 is 9.47 Å². The van der Waals surface area contributed by atoms with E-state index in [9.17, 15) is 9.59 Å². The lowest BCUT2D eigenvalue weighted by Gasteiger charge is -2.14. The van der Waals surface area contributed by atoms with E-state index in [1.165, 1.54) is 0 Å². The summed E-state index contributed by atoms with van der Waals surface area (Å²) < 4.78 is 10.8. The van der Waals surface area contributed by atoms with Crippen molar-refractivity contribution in [2.24, 2.45) is 0 Å². The van der Waals surface area contributed by atoms with Crippen LogP contribution in [-0.4, -0.2) is 11.9 Å². The third kappa shape index (κ3) is 5.73. The summed E-state index contributed by atoms with van der Waals surface area (Å²) in [7, 11) is 0. The lowest BCUT2D eigenvalue weighted by atomic mass is 9.96. The SMILES string of the molecule is CCCC(=O)OCc1ccccc1-c1ccccc1COC(=O)CCC. The summed E-state index contributed by atoms with van der Waals surface area (Å²) in [6.07, 6.45) is 2.39. The predicted octanol–water partition coefficient (Wildman–Crippen LogP) is 5.04. The van der Waals surface area contributed by atoms with Crippen molar-refractivity contribution in [1.29, 1.82) is 0 Å². The molecule has 0 atom stereocenters. The van der Waals surface area contributed by atoms with Gasteiger partial charge in [0.1, 0.15) is 13.2 Å². The van der Waals surface area contributed by atoms with Crippen LogP contribution in [0.2, 0.25) is 0 Å². The molecular weight excluding hydrogens is 328 g/mol. The fraction of sp³-hybridized carbons (Fsp3) is 0.364. The van der Waals surface area contributed by atoms with Crippen LogP contribution in [0.4, 0.5) is 0 Å². The number of esters is 2. The van der Waals surface area contributed by atoms with Crippen molar-refractivity contribution in [1.82, 2.24) is 0 Å². The summed E-state index contributed by atoms with van der Waals surface area (Å²) in [4.78, 5) is 23.4. The summed E-state index contributed by atoms with van der Waals surface area (Å²) in [5.41, 5.74) is 3.84. The van der Waals surface area contributed by atoms with Crippen molar-refractivity contribution in [3.8, 4) is 11.1 Å². The van der Waals surface area contributed by atoms with E-state index in [1.807, 2.05) is 62.4 Å². The first kappa shape index (κ1) is 19.7. The summed E-state index contributed by atoms with van der Waals surface area (Å²) in [6, 6.07) is 15.7. The minimum Gasteiger partial charge on any atom is -0.461 e. The van der Waals surface area contributed by atoms with E-state index in [2.05, 4.69) is 0 Å². The van der Waals surface area contributed by atoms with Gasteiger partial charge in [-0.3, -0.25) is 9.59 Å². The zero-order valence-corrected chi connectivity index (χ0v) is 15.5. The lowest BCUT2D eigenvalue weighted by Crippen LogP contribution is -2.06. The Kier molecular flexibility index (Phi) is 7.87. The standard InChI is InChI=1S/C22H26O4/c1-3-9-21(23)25-15-17-11-5-7-13-19(17)20-14-8-6-12-18(20)16-26-22(24)10-4-2/h5-8,11-14H,3-4,9-10,15-16H2,1-2H3. The smallest absolute Gasteiger partial charge is 0.306 e. The Morgan fingerprint density at radius 3 is 1.46 bits per heavy atom. The molecule has 0 aliphatic carbocycles. The highest BCUT2D eigenvalue weighted by atomic mass is 16.5. The van der Waals surface area contributed by atoms with Gasteiger partial charge in [-0.05, 0) is 35.1 Å². The Morgan fingerprint density at radius 2 is 1.08 bits per heavy atom. The Morgan fingerprint density at radius 1 is 0.692 bits per heavy atom. The summed E-state index contributed by atoms with van der Waals surface area (Å²) in [6.45, 7) is 4.37. The largest absolute Gasteiger partial charge is 0.461 e. The van der Waals surface area contributed by atoms with E-state index < -0.39 is 0 Å². The Labute approximate surface area is 155 Å². The van der Waals surface area contributed by atoms with Crippen LogP contribution in [0.1, 0.15) is 50.7 Å². The number of ether oxygens (including phenoxy) is 2. The van der Waals surface area contributed by atoms with E-state index >= 15 is 0 Å². The van der Waals surface area contributed by atoms with Crippen LogP contribution in [0.3, 0.4) is 0 Å². The third-order valence-corrected chi connectivity index (χ3v) is 4.01. The third-order valence-electron chi connectivity index (χ3n) is 4.01. The average molecular weight is 354 g/mol. The second kappa shape index (κ2) is 10.4. The number of rotatable bonds is 9. The van der Waals surface area contributed by atoms with Crippen LogP contribution < -0.4 is 0 Å². The molecule has 2 aromatic carbocycles. The molecule has 0 radical (unpaired) electrons. The minimum absolute atomic E-state index is 0.191. The molecule has 2 aromatic rings. The topological polar surface area (TPSA) is 52.6 Å². The fourth-order valence-electron chi connectivity index (χ4n) is 2.69. The van der Waals surface area contributed by atoms with Crippen molar-refractivity contribution in [3.63, 3.8) is 0 Å². The van der Waals surface area contributed by atoms with Crippen molar-refractivity contribution in [3.05, 3.63) is 59.7 Å². The number of carbonyl (C=O) groups excluding carboxylic acids is 2. The molecule has 4 heteroatoms. The van der Waals surface area contributed by atoms with Gasteiger partial charge in [0.2, 0.25) is 0 Å². The van der Waals surface area contributed by atoms with Crippen LogP contribution in [0.15, 0.2) is 48.5 Å². The van der Waals surface area contributed by atoms with E-state index in [4.69, 9.17) is 9.47 Å². The van der Waals surface area contributed by atoms with E-state index in [1.54, 1.807) is 0 Å². The highest BCUT2D eigenvalue weighted by Crippen LogP contribution is 2.28. The fourth-order valence-corrected chi connectivity index (χ4v) is 2.69. The first-order valence-corrected chi connectivity index (χ1v) is 9.13. The molecular formula is C22H26O4. The van der Waals surface area contributed by atoms with Gasteiger partial charge in [0.05, 0.1) is 0 Å². The quantitative estimate of drug-likeness (QED) is 0.592. The van der Waals surface area contributed by atoms with Crippen LogP contribution in [0.5, 0.6) is 0 Å². The number of benzene rings is 2. The molecule has 0 saturated heterocycles. The average Bonchev–Trinajstić information content (AvgIpc) is 2.66. The zero-order chi connectivity index (χ0) is 18.8. The van der Waals surface area contributed by atoms with Crippen LogP contribution >= 0.6 is 0 Å². The van der Waals surface area contributed by atoms with Gasteiger partial charge in [-0.15, -0.1) is 0 Å². The van der Waals surface area contributed by atoms with Gasteiger partial charge in [-0.25, -0.2) is 0 Å². The van der Waals surface area contributed by atoms with Gasteiger partial charge in [-0.1, -0.05) is 62.4 Å². The van der Waals surface area contributed by atoms with Crippen LogP contribution in [0.25, 0.3) is 11.1 Å². The van der Waals surface area contributed by atoms with E-state index in [0.29, 0.717) is 12.8 Å². The molecule has 0 saturated carbocycles. The molecule has 26 heavy (non-hydrogen) atoms. The molecule has 0 aliphatic heterocycles. The Hall–Kier alpha value is -2.62. The number of hydrogen-bond donors (Lipinski definition) is 0. The molecule has 0 aliphatic rings. The number of hydrogen-bond acceptors (Lipinski definition) is 4. The maximum Gasteiger partial charge on any atom is 0.306 e. The van der Waals surface area contributed by atoms with Crippen LogP contribution in [0, 0.1) is 0 Å².